The number of nitrogens with two attached hydrogens (primary N) is 1. The van der Waals surface area contributed by atoms with Crippen LogP contribution in [0.3, 0.4) is 0 Å². The minimum atomic E-state index is -0.302. The van der Waals surface area contributed by atoms with Crippen molar-refractivity contribution in [2.24, 2.45) is 5.73 Å². The minimum absolute atomic E-state index is 0.128. The number of benzene rings is 2. The van der Waals surface area contributed by atoms with Gasteiger partial charge in [0.15, 0.2) is 0 Å². The summed E-state index contributed by atoms with van der Waals surface area (Å²) in [6.45, 7) is 0. The SMILES string of the molecule is N#CC1=C(N)OC2=C(CCCC(c3ccccc3Cl)=C2)C1c1ccccc1Cl. The lowest BCUT2D eigenvalue weighted by Crippen LogP contribution is -2.20. The molecule has 0 saturated heterocycles. The molecule has 0 radical (unpaired) electrons. The monoisotopic (exact) mass is 408 g/mol. The highest BCUT2D eigenvalue weighted by atomic mass is 35.5. The topological polar surface area (TPSA) is 59.0 Å². The van der Waals surface area contributed by atoms with E-state index in [1.54, 1.807) is 0 Å². The Labute approximate surface area is 174 Å². The molecule has 28 heavy (non-hydrogen) atoms. The smallest absolute Gasteiger partial charge is 0.205 e. The molecule has 2 aromatic carbocycles. The van der Waals surface area contributed by atoms with Gasteiger partial charge in [-0.25, -0.2) is 0 Å². The molecule has 1 atom stereocenters. The van der Waals surface area contributed by atoms with Crippen molar-refractivity contribution >= 4 is 28.8 Å². The Morgan fingerprint density at radius 3 is 2.43 bits per heavy atom. The fourth-order valence-electron chi connectivity index (χ4n) is 3.89. The van der Waals surface area contributed by atoms with Crippen molar-refractivity contribution < 1.29 is 4.74 Å². The van der Waals surface area contributed by atoms with Crippen LogP contribution < -0.4 is 5.73 Å². The summed E-state index contributed by atoms with van der Waals surface area (Å²) < 4.78 is 5.91. The van der Waals surface area contributed by atoms with Crippen LogP contribution in [0.5, 0.6) is 0 Å². The molecule has 3 nitrogen and oxygen atoms in total. The normalized spacial score (nSPS) is 19.3. The molecular weight excluding hydrogens is 391 g/mol. The fraction of sp³-hybridized carbons (Fsp3) is 0.174. The number of halogens is 2. The van der Waals surface area contributed by atoms with E-state index >= 15 is 0 Å². The Bertz CT molecular complexity index is 1080. The molecule has 2 N–H and O–H groups in total. The van der Waals surface area contributed by atoms with Crippen molar-refractivity contribution in [3.8, 4) is 6.07 Å². The van der Waals surface area contributed by atoms with Gasteiger partial charge in [-0.3, -0.25) is 0 Å². The van der Waals surface area contributed by atoms with E-state index in [9.17, 15) is 5.26 Å². The molecule has 140 valence electrons. The third kappa shape index (κ3) is 3.30. The molecule has 0 aromatic heterocycles. The maximum absolute atomic E-state index is 9.74. The van der Waals surface area contributed by atoms with Crippen LogP contribution in [-0.2, 0) is 4.74 Å². The molecule has 0 spiro atoms. The molecule has 1 unspecified atom stereocenters. The maximum Gasteiger partial charge on any atom is 0.205 e. The molecular formula is C23H18Cl2N2O. The first-order chi connectivity index (χ1) is 13.6. The lowest BCUT2D eigenvalue weighted by molar-refractivity contribution is 0.291. The second-order valence-corrected chi connectivity index (χ2v) is 7.65. The molecule has 2 aliphatic rings. The Morgan fingerprint density at radius 1 is 1.00 bits per heavy atom. The largest absolute Gasteiger partial charge is 0.441 e. The van der Waals surface area contributed by atoms with Gasteiger partial charge in [-0.1, -0.05) is 59.6 Å². The summed E-state index contributed by atoms with van der Waals surface area (Å²) >= 11 is 12.9. The molecule has 0 fully saturated rings. The van der Waals surface area contributed by atoms with Crippen LogP contribution in [0.2, 0.25) is 10.0 Å². The van der Waals surface area contributed by atoms with E-state index in [2.05, 4.69) is 6.07 Å². The fourth-order valence-corrected chi connectivity index (χ4v) is 4.40. The van der Waals surface area contributed by atoms with Gasteiger partial charge in [0, 0.05) is 10.0 Å². The number of hydrogen-bond acceptors (Lipinski definition) is 3. The first-order valence-corrected chi connectivity index (χ1v) is 9.86. The van der Waals surface area contributed by atoms with Gasteiger partial charge in [0.2, 0.25) is 5.88 Å². The van der Waals surface area contributed by atoms with Gasteiger partial charge in [0.05, 0.1) is 5.92 Å². The number of rotatable bonds is 2. The van der Waals surface area contributed by atoms with Gasteiger partial charge in [-0.15, -0.1) is 0 Å². The average Bonchev–Trinajstić information content (AvgIpc) is 2.90. The van der Waals surface area contributed by atoms with Crippen molar-refractivity contribution in [3.05, 3.63) is 98.6 Å². The molecule has 2 aromatic rings. The Balaban J connectivity index is 1.87. The molecule has 1 heterocycles. The van der Waals surface area contributed by atoms with Crippen LogP contribution in [0.15, 0.2) is 77.4 Å². The average molecular weight is 409 g/mol. The second kappa shape index (κ2) is 7.75. The van der Waals surface area contributed by atoms with E-state index in [1.807, 2.05) is 54.6 Å². The van der Waals surface area contributed by atoms with Crippen molar-refractivity contribution in [1.82, 2.24) is 0 Å². The summed E-state index contributed by atoms with van der Waals surface area (Å²) in [6.07, 6.45) is 4.57. The van der Waals surface area contributed by atoms with Crippen LogP contribution in [0.25, 0.3) is 5.57 Å². The van der Waals surface area contributed by atoms with E-state index in [0.29, 0.717) is 21.4 Å². The number of nitriles is 1. The number of nitrogens with zero attached hydrogens (tertiary/aromatic N) is 1. The van der Waals surface area contributed by atoms with E-state index < -0.39 is 0 Å². The lowest BCUT2D eigenvalue weighted by atomic mass is 9.81. The quantitative estimate of drug-likeness (QED) is 0.631. The van der Waals surface area contributed by atoms with Crippen LogP contribution >= 0.6 is 23.2 Å². The second-order valence-electron chi connectivity index (χ2n) is 6.84. The Kier molecular flexibility index (Phi) is 5.17. The zero-order valence-electron chi connectivity index (χ0n) is 15.1. The number of allylic oxidation sites excluding steroid dienone is 4. The highest BCUT2D eigenvalue weighted by Gasteiger charge is 2.34. The first kappa shape index (κ1) is 18.7. The third-order valence-electron chi connectivity index (χ3n) is 5.19. The summed E-state index contributed by atoms with van der Waals surface area (Å²) in [5.41, 5.74) is 10.5. The van der Waals surface area contributed by atoms with E-state index in [-0.39, 0.29) is 11.8 Å². The van der Waals surface area contributed by atoms with Crippen molar-refractivity contribution in [1.29, 1.82) is 5.26 Å². The number of ether oxygens (including phenoxy) is 1. The van der Waals surface area contributed by atoms with Crippen molar-refractivity contribution in [2.45, 2.75) is 25.2 Å². The molecule has 1 aliphatic heterocycles. The summed E-state index contributed by atoms with van der Waals surface area (Å²) in [4.78, 5) is 0. The summed E-state index contributed by atoms with van der Waals surface area (Å²) in [7, 11) is 0. The minimum Gasteiger partial charge on any atom is -0.441 e. The lowest BCUT2D eigenvalue weighted by Gasteiger charge is -2.28. The van der Waals surface area contributed by atoms with Gasteiger partial charge in [0.25, 0.3) is 0 Å². The standard InChI is InChI=1S/C23H18Cl2N2O/c24-19-10-3-1-7-15(19)14-6-5-9-17-21(12-14)28-23(27)18(13-26)22(17)16-8-2-4-11-20(16)25/h1-4,7-8,10-12,22H,5-6,9,27H2. The van der Waals surface area contributed by atoms with Crippen LogP contribution in [0.1, 0.15) is 36.3 Å². The van der Waals surface area contributed by atoms with Crippen LogP contribution in [-0.4, -0.2) is 0 Å². The summed E-state index contributed by atoms with van der Waals surface area (Å²) in [6, 6.07) is 17.6. The molecule has 1 aliphatic carbocycles. The van der Waals surface area contributed by atoms with Crippen molar-refractivity contribution in [2.75, 3.05) is 0 Å². The maximum atomic E-state index is 9.74. The molecule has 4 rings (SSSR count). The molecule has 0 bridgehead atoms. The highest BCUT2D eigenvalue weighted by molar-refractivity contribution is 6.32. The van der Waals surface area contributed by atoms with Crippen molar-refractivity contribution in [3.63, 3.8) is 0 Å². The van der Waals surface area contributed by atoms with Crippen LogP contribution in [0.4, 0.5) is 0 Å². The first-order valence-electron chi connectivity index (χ1n) is 9.10. The zero-order chi connectivity index (χ0) is 19.7. The molecule has 0 saturated carbocycles. The molecule has 0 amide bonds. The highest BCUT2D eigenvalue weighted by Crippen LogP contribution is 2.46. The third-order valence-corrected chi connectivity index (χ3v) is 5.87. The number of hydrogen-bond donors (Lipinski definition) is 1. The summed E-state index contributed by atoms with van der Waals surface area (Å²) in [5.74, 6) is 0.515. The van der Waals surface area contributed by atoms with Crippen LogP contribution in [0, 0.1) is 11.3 Å². The van der Waals surface area contributed by atoms with Gasteiger partial charge in [-0.2, -0.15) is 5.26 Å². The van der Waals surface area contributed by atoms with E-state index in [0.717, 1.165) is 41.5 Å². The zero-order valence-corrected chi connectivity index (χ0v) is 16.6. The van der Waals surface area contributed by atoms with Gasteiger partial charge >= 0.3 is 0 Å². The molecule has 5 heteroatoms. The summed E-state index contributed by atoms with van der Waals surface area (Å²) in [5, 5.41) is 11.1. The van der Waals surface area contributed by atoms with E-state index in [1.165, 1.54) is 0 Å². The van der Waals surface area contributed by atoms with E-state index in [4.69, 9.17) is 33.7 Å². The Hall–Kier alpha value is -2.67. The predicted molar refractivity (Wildman–Crippen MR) is 112 cm³/mol. The predicted octanol–water partition coefficient (Wildman–Crippen LogP) is 6.32. The van der Waals surface area contributed by atoms with Gasteiger partial charge < -0.3 is 10.5 Å². The Morgan fingerprint density at radius 2 is 1.71 bits per heavy atom. The van der Waals surface area contributed by atoms with Gasteiger partial charge in [0.1, 0.15) is 17.4 Å². The van der Waals surface area contributed by atoms with Gasteiger partial charge in [-0.05, 0) is 59.7 Å².